The Morgan fingerprint density at radius 2 is 1.77 bits per heavy atom. The lowest BCUT2D eigenvalue weighted by Gasteiger charge is -2.38. The number of carbonyl (C=O) groups is 2. The molecule has 208 valence electrons. The number of H-pyrrole nitrogens is 1. The molecule has 3 N–H and O–H groups in total. The molecule has 1 fully saturated rings. The molecule has 1 aliphatic rings. The minimum absolute atomic E-state index is 0.0660. The highest BCUT2D eigenvalue weighted by atomic mass is 35.5. The maximum absolute atomic E-state index is 14.0. The Morgan fingerprint density at radius 1 is 1.02 bits per heavy atom. The summed E-state index contributed by atoms with van der Waals surface area (Å²) in [4.78, 5) is 34.9. The van der Waals surface area contributed by atoms with Crippen molar-refractivity contribution >= 4 is 34.5 Å². The van der Waals surface area contributed by atoms with Crippen LogP contribution in [0.2, 0.25) is 5.02 Å². The molecule has 8 heteroatoms. The maximum atomic E-state index is 14.0. The van der Waals surface area contributed by atoms with Crippen LogP contribution in [-0.4, -0.2) is 34.1 Å². The summed E-state index contributed by atoms with van der Waals surface area (Å²) in [7, 11) is 0. The van der Waals surface area contributed by atoms with Gasteiger partial charge in [0.25, 0.3) is 0 Å². The molecular weight excluding hydrogens is 524 g/mol. The molecule has 2 heterocycles. The average molecular weight is 559 g/mol. The van der Waals surface area contributed by atoms with Crippen LogP contribution in [0.4, 0.5) is 4.79 Å². The van der Waals surface area contributed by atoms with Gasteiger partial charge in [-0.25, -0.2) is 4.79 Å². The van der Waals surface area contributed by atoms with E-state index in [1.165, 1.54) is 6.42 Å². The Bertz CT molecular complexity index is 1450. The van der Waals surface area contributed by atoms with Crippen LogP contribution >= 0.6 is 11.6 Å². The summed E-state index contributed by atoms with van der Waals surface area (Å²) < 4.78 is 5.51. The van der Waals surface area contributed by atoms with Crippen LogP contribution in [0.15, 0.2) is 79.1 Å². The number of hydrogen-bond acceptors (Lipinski definition) is 4. The van der Waals surface area contributed by atoms with Gasteiger partial charge in [-0.3, -0.25) is 9.78 Å². The summed E-state index contributed by atoms with van der Waals surface area (Å²) in [6.45, 7) is 2.27. The smallest absolute Gasteiger partial charge is 0.408 e. The van der Waals surface area contributed by atoms with Crippen LogP contribution < -0.4 is 10.6 Å². The fraction of sp³-hybridized carbons (Fsp3) is 0.344. The second-order valence-corrected chi connectivity index (χ2v) is 11.4. The first-order chi connectivity index (χ1) is 19.4. The average Bonchev–Trinajstić information content (AvgIpc) is 3.39. The summed E-state index contributed by atoms with van der Waals surface area (Å²) in [6, 6.07) is 21.0. The first kappa shape index (κ1) is 27.7. The molecule has 5 rings (SSSR count). The van der Waals surface area contributed by atoms with Crippen molar-refractivity contribution < 1.29 is 14.3 Å². The number of aromatic nitrogens is 2. The number of ether oxygens (including phenoxy) is 1. The molecule has 0 radical (unpaired) electrons. The molecule has 2 amide bonds. The highest BCUT2D eigenvalue weighted by Crippen LogP contribution is 2.38. The SMILES string of the molecule is C[C@@](Cc1c[nH]c2ccccc12)(NC(=O)OCc1ccc(Cl)cc1)C(=O)NCC1(c2ccccn2)CCCCC1. The number of pyridine rings is 1. The fourth-order valence-corrected chi connectivity index (χ4v) is 5.83. The van der Waals surface area contributed by atoms with Gasteiger partial charge in [0.05, 0.1) is 0 Å². The van der Waals surface area contributed by atoms with Gasteiger partial charge in [0.1, 0.15) is 12.1 Å². The molecule has 1 atom stereocenters. The Morgan fingerprint density at radius 3 is 2.52 bits per heavy atom. The van der Waals surface area contributed by atoms with Gasteiger partial charge in [0, 0.05) is 52.4 Å². The summed E-state index contributed by atoms with van der Waals surface area (Å²) in [6.07, 6.45) is 8.62. The van der Waals surface area contributed by atoms with Gasteiger partial charge in [-0.2, -0.15) is 0 Å². The van der Waals surface area contributed by atoms with Crippen molar-refractivity contribution in [1.82, 2.24) is 20.6 Å². The van der Waals surface area contributed by atoms with Gasteiger partial charge >= 0.3 is 6.09 Å². The molecule has 0 bridgehead atoms. The molecule has 0 unspecified atom stereocenters. The number of aromatic amines is 1. The molecule has 0 spiro atoms. The number of halogens is 1. The first-order valence-corrected chi connectivity index (χ1v) is 14.2. The predicted octanol–water partition coefficient (Wildman–Crippen LogP) is 6.46. The van der Waals surface area contributed by atoms with Gasteiger partial charge in [-0.1, -0.05) is 67.3 Å². The van der Waals surface area contributed by atoms with Crippen molar-refractivity contribution in [2.24, 2.45) is 0 Å². The monoisotopic (exact) mass is 558 g/mol. The molecule has 2 aromatic heterocycles. The largest absolute Gasteiger partial charge is 0.445 e. The lowest BCUT2D eigenvalue weighted by molar-refractivity contribution is -0.127. The molecule has 1 aliphatic carbocycles. The number of alkyl carbamates (subject to hydrolysis) is 1. The summed E-state index contributed by atoms with van der Waals surface area (Å²) in [5.74, 6) is -0.262. The first-order valence-electron chi connectivity index (χ1n) is 13.8. The Balaban J connectivity index is 1.35. The number of para-hydroxylation sites is 1. The van der Waals surface area contributed by atoms with E-state index in [0.717, 1.165) is 53.4 Å². The third-order valence-electron chi connectivity index (χ3n) is 7.99. The molecule has 1 saturated carbocycles. The highest BCUT2D eigenvalue weighted by Gasteiger charge is 2.40. The summed E-state index contributed by atoms with van der Waals surface area (Å²) in [5.41, 5.74) is 2.22. The van der Waals surface area contributed by atoms with Crippen molar-refractivity contribution in [3.63, 3.8) is 0 Å². The maximum Gasteiger partial charge on any atom is 0.408 e. The van der Waals surface area contributed by atoms with Gasteiger partial charge in [0.15, 0.2) is 0 Å². The number of fused-ring (bicyclic) bond motifs is 1. The van der Waals surface area contributed by atoms with E-state index in [1.807, 2.05) is 48.8 Å². The highest BCUT2D eigenvalue weighted by molar-refractivity contribution is 6.30. The molecule has 0 aliphatic heterocycles. The van der Waals surface area contributed by atoms with E-state index in [-0.39, 0.29) is 24.3 Å². The minimum Gasteiger partial charge on any atom is -0.445 e. The number of nitrogens with one attached hydrogen (secondary N) is 3. The van der Waals surface area contributed by atoms with Crippen molar-refractivity contribution in [3.8, 4) is 0 Å². The molecule has 2 aromatic carbocycles. The van der Waals surface area contributed by atoms with E-state index < -0.39 is 11.6 Å². The second kappa shape index (κ2) is 12.1. The Kier molecular flexibility index (Phi) is 8.40. The van der Waals surface area contributed by atoms with Crippen LogP contribution in [-0.2, 0) is 28.0 Å². The molecule has 4 aromatic rings. The van der Waals surface area contributed by atoms with E-state index in [1.54, 1.807) is 31.2 Å². The fourth-order valence-electron chi connectivity index (χ4n) is 5.70. The van der Waals surface area contributed by atoms with Crippen LogP contribution in [0.5, 0.6) is 0 Å². The Hall–Kier alpha value is -3.84. The number of nitrogens with zero attached hydrogens (tertiary/aromatic N) is 1. The summed E-state index contributed by atoms with van der Waals surface area (Å²) >= 11 is 5.97. The van der Waals surface area contributed by atoms with Gasteiger partial charge < -0.3 is 20.4 Å². The zero-order valence-electron chi connectivity index (χ0n) is 22.7. The van der Waals surface area contributed by atoms with E-state index in [0.29, 0.717) is 11.6 Å². The van der Waals surface area contributed by atoms with Crippen LogP contribution in [0.1, 0.15) is 55.8 Å². The number of rotatable bonds is 9. The number of benzene rings is 2. The third-order valence-corrected chi connectivity index (χ3v) is 8.24. The Labute approximate surface area is 239 Å². The van der Waals surface area contributed by atoms with Crippen molar-refractivity contribution in [3.05, 3.63) is 101 Å². The second-order valence-electron chi connectivity index (χ2n) is 10.9. The van der Waals surface area contributed by atoms with Crippen molar-refractivity contribution in [2.45, 2.75) is 63.0 Å². The lowest BCUT2D eigenvalue weighted by Crippen LogP contribution is -2.59. The summed E-state index contributed by atoms with van der Waals surface area (Å²) in [5, 5.41) is 7.71. The van der Waals surface area contributed by atoms with E-state index in [9.17, 15) is 9.59 Å². The van der Waals surface area contributed by atoms with Crippen LogP contribution in [0.25, 0.3) is 10.9 Å². The topological polar surface area (TPSA) is 96.1 Å². The predicted molar refractivity (Wildman–Crippen MR) is 157 cm³/mol. The number of hydrogen-bond donors (Lipinski definition) is 3. The zero-order valence-corrected chi connectivity index (χ0v) is 23.5. The number of amides is 2. The lowest BCUT2D eigenvalue weighted by atomic mass is 9.71. The molecular formula is C32H35ClN4O3. The van der Waals surface area contributed by atoms with Crippen molar-refractivity contribution in [1.29, 1.82) is 0 Å². The minimum atomic E-state index is -1.26. The van der Waals surface area contributed by atoms with Crippen LogP contribution in [0, 0.1) is 0 Å². The van der Waals surface area contributed by atoms with E-state index >= 15 is 0 Å². The molecule has 40 heavy (non-hydrogen) atoms. The van der Waals surface area contributed by atoms with Gasteiger partial charge in [-0.15, -0.1) is 0 Å². The van der Waals surface area contributed by atoms with Crippen molar-refractivity contribution in [2.75, 3.05) is 6.54 Å². The standard InChI is InChI=1S/C32H35ClN4O3/c1-31(19-24-20-35-27-10-4-3-9-26(24)27,37-30(39)40-21-23-12-14-25(33)15-13-23)29(38)36-22-32(16-6-2-7-17-32)28-11-5-8-18-34-28/h3-5,8-15,18,20,35H,2,6-7,16-17,19,21-22H2,1H3,(H,36,38)(H,37,39)/t31-/m0/s1. The van der Waals surface area contributed by atoms with E-state index in [2.05, 4.69) is 26.7 Å². The zero-order chi connectivity index (χ0) is 28.0. The van der Waals surface area contributed by atoms with Crippen LogP contribution in [0.3, 0.4) is 0 Å². The van der Waals surface area contributed by atoms with Gasteiger partial charge in [0.2, 0.25) is 5.91 Å². The van der Waals surface area contributed by atoms with E-state index in [4.69, 9.17) is 16.3 Å². The molecule has 7 nitrogen and oxygen atoms in total. The third kappa shape index (κ3) is 6.31. The normalized spacial score (nSPS) is 16.1. The molecule has 0 saturated heterocycles. The number of carbonyl (C=O) groups excluding carboxylic acids is 2. The van der Waals surface area contributed by atoms with Gasteiger partial charge in [-0.05, 0) is 61.2 Å². The quantitative estimate of drug-likeness (QED) is 0.219.